The van der Waals surface area contributed by atoms with Crippen LogP contribution in [0.25, 0.3) is 0 Å². The van der Waals surface area contributed by atoms with E-state index >= 15 is 0 Å². The van der Waals surface area contributed by atoms with Crippen molar-refractivity contribution in [1.29, 1.82) is 0 Å². The van der Waals surface area contributed by atoms with Gasteiger partial charge in [0.25, 0.3) is 0 Å². The van der Waals surface area contributed by atoms with Gasteiger partial charge in [0, 0.05) is 6.61 Å². The average molecular weight is 130 g/mol. The zero-order valence-corrected chi connectivity index (χ0v) is 6.68. The predicted octanol–water partition coefficient (Wildman–Crippen LogP) is 1.54. The standard InChI is InChI=1S/C6H14OSi/c1-8-6-4-2-3-5-7-8/h8H,2-6H2,1H3. The third-order valence-corrected chi connectivity index (χ3v) is 3.68. The Morgan fingerprint density at radius 1 is 1.25 bits per heavy atom. The van der Waals surface area contributed by atoms with E-state index in [4.69, 9.17) is 4.43 Å². The normalized spacial score (nSPS) is 31.9. The maximum absolute atomic E-state index is 5.54. The molecule has 2 heteroatoms. The molecule has 0 bridgehead atoms. The van der Waals surface area contributed by atoms with Crippen molar-refractivity contribution in [2.24, 2.45) is 0 Å². The van der Waals surface area contributed by atoms with Crippen LogP contribution in [0.1, 0.15) is 19.3 Å². The maximum Gasteiger partial charge on any atom is 0.173 e. The van der Waals surface area contributed by atoms with Crippen LogP contribution in [0.5, 0.6) is 0 Å². The molecule has 1 nitrogen and oxygen atoms in total. The van der Waals surface area contributed by atoms with Crippen molar-refractivity contribution in [3.63, 3.8) is 0 Å². The van der Waals surface area contributed by atoms with Crippen molar-refractivity contribution in [3.8, 4) is 0 Å². The second-order valence-electron chi connectivity index (χ2n) is 2.53. The summed E-state index contributed by atoms with van der Waals surface area (Å²) in [4.78, 5) is 0. The molecule has 0 N–H and O–H groups in total. The lowest BCUT2D eigenvalue weighted by atomic mass is 10.3. The minimum atomic E-state index is -0.640. The smallest absolute Gasteiger partial charge is 0.173 e. The van der Waals surface area contributed by atoms with Crippen LogP contribution in [0.15, 0.2) is 0 Å². The molecule has 1 saturated heterocycles. The molecule has 0 amide bonds. The second-order valence-corrected chi connectivity index (χ2v) is 5.06. The van der Waals surface area contributed by atoms with Gasteiger partial charge in [0.05, 0.1) is 0 Å². The van der Waals surface area contributed by atoms with Gasteiger partial charge in [0.1, 0.15) is 0 Å². The van der Waals surface area contributed by atoms with E-state index in [-0.39, 0.29) is 0 Å². The zero-order chi connectivity index (χ0) is 5.82. The van der Waals surface area contributed by atoms with Gasteiger partial charge >= 0.3 is 0 Å². The Labute approximate surface area is 52.8 Å². The Balaban J connectivity index is 2.17. The molecule has 1 fully saturated rings. The van der Waals surface area contributed by atoms with E-state index < -0.39 is 9.04 Å². The summed E-state index contributed by atoms with van der Waals surface area (Å²) in [5.74, 6) is 0. The van der Waals surface area contributed by atoms with Crippen LogP contribution >= 0.6 is 0 Å². The molecule has 1 heterocycles. The van der Waals surface area contributed by atoms with Crippen LogP contribution in [0.3, 0.4) is 0 Å². The highest BCUT2D eigenvalue weighted by atomic mass is 28.3. The molecule has 0 aliphatic carbocycles. The Hall–Kier alpha value is 0.177. The van der Waals surface area contributed by atoms with E-state index in [0.717, 1.165) is 6.61 Å². The number of hydrogen-bond donors (Lipinski definition) is 0. The highest BCUT2D eigenvalue weighted by Crippen LogP contribution is 2.10. The topological polar surface area (TPSA) is 9.23 Å². The average Bonchev–Trinajstić information content (AvgIpc) is 1.94. The summed E-state index contributed by atoms with van der Waals surface area (Å²) in [5, 5.41) is 0. The van der Waals surface area contributed by atoms with Crippen molar-refractivity contribution in [3.05, 3.63) is 0 Å². The first-order valence-corrected chi connectivity index (χ1v) is 5.95. The van der Waals surface area contributed by atoms with Crippen molar-refractivity contribution >= 4 is 9.04 Å². The van der Waals surface area contributed by atoms with Crippen LogP contribution in [0, 0.1) is 0 Å². The Morgan fingerprint density at radius 3 is 3.00 bits per heavy atom. The molecule has 1 aliphatic rings. The van der Waals surface area contributed by atoms with Crippen LogP contribution in [0.4, 0.5) is 0 Å². The van der Waals surface area contributed by atoms with E-state index in [1.165, 1.54) is 25.3 Å². The summed E-state index contributed by atoms with van der Waals surface area (Å²) < 4.78 is 5.54. The molecule has 0 aromatic carbocycles. The molecule has 0 radical (unpaired) electrons. The third kappa shape index (κ3) is 1.97. The van der Waals surface area contributed by atoms with Gasteiger partial charge in [0.2, 0.25) is 0 Å². The molecule has 0 spiro atoms. The fourth-order valence-electron chi connectivity index (χ4n) is 1.08. The number of hydrogen-bond acceptors (Lipinski definition) is 1. The fourth-order valence-corrected chi connectivity index (χ4v) is 2.68. The van der Waals surface area contributed by atoms with Gasteiger partial charge in [-0.2, -0.15) is 0 Å². The SMILES string of the molecule is C[SiH]1CCCCCO1. The van der Waals surface area contributed by atoms with Gasteiger partial charge < -0.3 is 4.43 Å². The molecule has 1 aliphatic heterocycles. The fraction of sp³-hybridized carbons (Fsp3) is 1.00. The lowest BCUT2D eigenvalue weighted by Crippen LogP contribution is -2.10. The van der Waals surface area contributed by atoms with E-state index in [9.17, 15) is 0 Å². The largest absolute Gasteiger partial charge is 0.420 e. The van der Waals surface area contributed by atoms with Crippen LogP contribution in [-0.4, -0.2) is 15.6 Å². The van der Waals surface area contributed by atoms with Gasteiger partial charge in [-0.15, -0.1) is 0 Å². The van der Waals surface area contributed by atoms with E-state index in [1.54, 1.807) is 0 Å². The first-order chi connectivity index (χ1) is 3.89. The molecular formula is C6H14OSi. The zero-order valence-electron chi connectivity index (χ0n) is 5.52. The molecule has 0 aromatic rings. The first-order valence-electron chi connectivity index (χ1n) is 3.51. The van der Waals surface area contributed by atoms with Gasteiger partial charge in [0.15, 0.2) is 9.04 Å². The summed E-state index contributed by atoms with van der Waals surface area (Å²) in [7, 11) is -0.640. The minimum absolute atomic E-state index is 0.640. The lowest BCUT2D eigenvalue weighted by molar-refractivity contribution is 0.324. The molecule has 1 unspecified atom stereocenters. The molecule has 0 aromatic heterocycles. The quantitative estimate of drug-likeness (QED) is 0.452. The molecule has 0 saturated carbocycles. The second kappa shape index (κ2) is 3.25. The number of rotatable bonds is 0. The third-order valence-electron chi connectivity index (χ3n) is 1.66. The Morgan fingerprint density at radius 2 is 2.12 bits per heavy atom. The first kappa shape index (κ1) is 6.30. The summed E-state index contributed by atoms with van der Waals surface area (Å²) >= 11 is 0. The lowest BCUT2D eigenvalue weighted by Gasteiger charge is -2.03. The van der Waals surface area contributed by atoms with Gasteiger partial charge in [-0.25, -0.2) is 0 Å². The van der Waals surface area contributed by atoms with E-state index in [1.807, 2.05) is 0 Å². The van der Waals surface area contributed by atoms with Gasteiger partial charge in [-0.1, -0.05) is 12.8 Å². The monoisotopic (exact) mass is 130 g/mol. The van der Waals surface area contributed by atoms with E-state index in [2.05, 4.69) is 6.55 Å². The Kier molecular flexibility index (Phi) is 2.56. The van der Waals surface area contributed by atoms with Crippen molar-refractivity contribution in [2.45, 2.75) is 31.9 Å². The highest BCUT2D eigenvalue weighted by molar-refractivity contribution is 6.50. The molecular weight excluding hydrogens is 116 g/mol. The maximum atomic E-state index is 5.54. The highest BCUT2D eigenvalue weighted by Gasteiger charge is 2.07. The van der Waals surface area contributed by atoms with E-state index in [0.29, 0.717) is 0 Å². The van der Waals surface area contributed by atoms with Gasteiger partial charge in [-0.3, -0.25) is 0 Å². The van der Waals surface area contributed by atoms with Gasteiger partial charge in [-0.05, 0) is 19.0 Å². The van der Waals surface area contributed by atoms with Crippen molar-refractivity contribution in [1.82, 2.24) is 0 Å². The van der Waals surface area contributed by atoms with Crippen LogP contribution in [0.2, 0.25) is 12.6 Å². The molecule has 8 heavy (non-hydrogen) atoms. The van der Waals surface area contributed by atoms with Crippen molar-refractivity contribution < 1.29 is 4.43 Å². The Bertz CT molecular complexity index is 57.5. The summed E-state index contributed by atoms with van der Waals surface area (Å²) in [6.07, 6.45) is 4.13. The molecule has 1 rings (SSSR count). The summed E-state index contributed by atoms with van der Waals surface area (Å²) in [6, 6.07) is 1.40. The molecule has 48 valence electrons. The molecule has 1 atom stereocenters. The summed E-state index contributed by atoms with van der Waals surface area (Å²) in [5.41, 5.74) is 0. The van der Waals surface area contributed by atoms with Crippen molar-refractivity contribution in [2.75, 3.05) is 6.61 Å². The van der Waals surface area contributed by atoms with Crippen LogP contribution in [-0.2, 0) is 4.43 Å². The summed E-state index contributed by atoms with van der Waals surface area (Å²) in [6.45, 7) is 3.35. The predicted molar refractivity (Wildman–Crippen MR) is 37.6 cm³/mol. The van der Waals surface area contributed by atoms with Crippen LogP contribution < -0.4 is 0 Å². The minimum Gasteiger partial charge on any atom is -0.420 e.